The van der Waals surface area contributed by atoms with Gasteiger partial charge in [-0.3, -0.25) is 0 Å². The highest BCUT2D eigenvalue weighted by molar-refractivity contribution is 14.1. The largest absolute Gasteiger partial charge is 0.369 e. The molecule has 0 amide bonds. The molecule has 0 saturated heterocycles. The summed E-state index contributed by atoms with van der Waals surface area (Å²) in [6, 6.07) is 0. The first kappa shape index (κ1) is 15.0. The van der Waals surface area contributed by atoms with Gasteiger partial charge in [-0.05, 0) is 54.7 Å². The number of aromatic nitrogens is 2. The van der Waals surface area contributed by atoms with E-state index in [-0.39, 0.29) is 0 Å². The SMILES string of the molecule is CCNc1nc(C2CCCC(C)C2)nc(CC)c1I. The van der Waals surface area contributed by atoms with Gasteiger partial charge in [0.05, 0.1) is 9.26 Å². The first-order chi connectivity index (χ1) is 9.15. The van der Waals surface area contributed by atoms with Crippen LogP contribution in [0.3, 0.4) is 0 Å². The minimum Gasteiger partial charge on any atom is -0.369 e. The Labute approximate surface area is 130 Å². The zero-order chi connectivity index (χ0) is 13.8. The normalized spacial score (nSPS) is 23.4. The van der Waals surface area contributed by atoms with E-state index in [0.717, 1.165) is 30.5 Å². The van der Waals surface area contributed by atoms with Crippen LogP contribution >= 0.6 is 22.6 Å². The third kappa shape index (κ3) is 3.58. The molecule has 2 unspecified atom stereocenters. The molecule has 0 radical (unpaired) electrons. The molecule has 0 bridgehead atoms. The molecule has 0 aromatic carbocycles. The van der Waals surface area contributed by atoms with Gasteiger partial charge in [0.2, 0.25) is 0 Å². The van der Waals surface area contributed by atoms with Crippen molar-refractivity contribution in [3.05, 3.63) is 15.1 Å². The Bertz CT molecular complexity index is 434. The standard InChI is InChI=1S/C15H24IN3/c1-4-12-13(16)15(17-5-2)19-14(18-12)11-8-6-7-10(3)9-11/h10-11H,4-9H2,1-3H3,(H,17,18,19). The van der Waals surface area contributed by atoms with Crippen molar-refractivity contribution in [3.8, 4) is 0 Å². The van der Waals surface area contributed by atoms with E-state index in [1.807, 2.05) is 0 Å². The van der Waals surface area contributed by atoms with Gasteiger partial charge in [-0.2, -0.15) is 0 Å². The zero-order valence-electron chi connectivity index (χ0n) is 12.2. The molecule has 1 saturated carbocycles. The lowest BCUT2D eigenvalue weighted by Crippen LogP contribution is -2.17. The molecule has 0 aliphatic heterocycles. The van der Waals surface area contributed by atoms with Crippen LogP contribution in [0.15, 0.2) is 0 Å². The number of anilines is 1. The lowest BCUT2D eigenvalue weighted by Gasteiger charge is -2.26. The number of hydrogen-bond acceptors (Lipinski definition) is 3. The van der Waals surface area contributed by atoms with Gasteiger partial charge in [-0.25, -0.2) is 9.97 Å². The molecular formula is C15H24IN3. The average molecular weight is 373 g/mol. The van der Waals surface area contributed by atoms with Crippen LogP contribution in [-0.2, 0) is 6.42 Å². The number of rotatable bonds is 4. The van der Waals surface area contributed by atoms with Gasteiger partial charge in [0.25, 0.3) is 0 Å². The minimum absolute atomic E-state index is 0.559. The van der Waals surface area contributed by atoms with Crippen molar-refractivity contribution >= 4 is 28.4 Å². The summed E-state index contributed by atoms with van der Waals surface area (Å²) in [7, 11) is 0. The highest BCUT2D eigenvalue weighted by atomic mass is 127. The van der Waals surface area contributed by atoms with Gasteiger partial charge in [-0.1, -0.05) is 26.7 Å². The highest BCUT2D eigenvalue weighted by Crippen LogP contribution is 2.35. The third-order valence-corrected chi connectivity index (χ3v) is 5.05. The molecular weight excluding hydrogens is 349 g/mol. The van der Waals surface area contributed by atoms with Crippen LogP contribution in [0.4, 0.5) is 5.82 Å². The van der Waals surface area contributed by atoms with E-state index in [1.165, 1.54) is 34.9 Å². The Balaban J connectivity index is 2.31. The third-order valence-electron chi connectivity index (χ3n) is 3.92. The van der Waals surface area contributed by atoms with Crippen LogP contribution in [0.2, 0.25) is 0 Å². The Hall–Kier alpha value is -0.390. The molecule has 3 nitrogen and oxygen atoms in total. The van der Waals surface area contributed by atoms with Crippen molar-refractivity contribution in [3.63, 3.8) is 0 Å². The quantitative estimate of drug-likeness (QED) is 0.797. The van der Waals surface area contributed by atoms with Crippen molar-refractivity contribution in [1.29, 1.82) is 0 Å². The summed E-state index contributed by atoms with van der Waals surface area (Å²) in [6.45, 7) is 7.56. The van der Waals surface area contributed by atoms with E-state index in [2.05, 4.69) is 48.7 Å². The Morgan fingerprint density at radius 3 is 2.68 bits per heavy atom. The minimum atomic E-state index is 0.559. The second-order valence-corrected chi connectivity index (χ2v) is 6.62. The van der Waals surface area contributed by atoms with E-state index in [9.17, 15) is 0 Å². The van der Waals surface area contributed by atoms with E-state index in [0.29, 0.717) is 5.92 Å². The summed E-state index contributed by atoms with van der Waals surface area (Å²) in [6.07, 6.45) is 6.16. The fourth-order valence-electron chi connectivity index (χ4n) is 2.88. The molecule has 1 aromatic heterocycles. The summed E-state index contributed by atoms with van der Waals surface area (Å²) in [5.74, 6) is 3.47. The van der Waals surface area contributed by atoms with Crippen molar-refractivity contribution in [1.82, 2.24) is 9.97 Å². The van der Waals surface area contributed by atoms with Crippen LogP contribution in [0, 0.1) is 9.49 Å². The van der Waals surface area contributed by atoms with E-state index >= 15 is 0 Å². The predicted octanol–water partition coefficient (Wildman–Crippen LogP) is 4.37. The molecule has 1 heterocycles. The van der Waals surface area contributed by atoms with Gasteiger partial charge in [-0.15, -0.1) is 0 Å². The second-order valence-electron chi connectivity index (χ2n) is 5.54. The number of aryl methyl sites for hydroxylation is 1. The maximum absolute atomic E-state index is 4.83. The fraction of sp³-hybridized carbons (Fsp3) is 0.733. The summed E-state index contributed by atoms with van der Waals surface area (Å²) in [5.41, 5.74) is 1.19. The summed E-state index contributed by atoms with van der Waals surface area (Å²) in [4.78, 5) is 9.63. The summed E-state index contributed by atoms with van der Waals surface area (Å²) in [5, 5.41) is 3.38. The molecule has 1 aliphatic carbocycles. The Morgan fingerprint density at radius 1 is 1.26 bits per heavy atom. The molecule has 0 spiro atoms. The second kappa shape index (κ2) is 6.86. The van der Waals surface area contributed by atoms with Gasteiger partial charge >= 0.3 is 0 Å². The maximum atomic E-state index is 4.83. The van der Waals surface area contributed by atoms with E-state index < -0.39 is 0 Å². The number of hydrogen-bond donors (Lipinski definition) is 1. The Kier molecular flexibility index (Phi) is 5.42. The molecule has 106 valence electrons. The topological polar surface area (TPSA) is 37.8 Å². The van der Waals surface area contributed by atoms with Crippen LogP contribution in [0.1, 0.15) is 63.9 Å². The predicted molar refractivity (Wildman–Crippen MR) is 88.7 cm³/mol. The zero-order valence-corrected chi connectivity index (χ0v) is 14.3. The van der Waals surface area contributed by atoms with Gasteiger partial charge < -0.3 is 5.32 Å². The maximum Gasteiger partial charge on any atom is 0.143 e. The average Bonchev–Trinajstić information content (AvgIpc) is 2.41. The van der Waals surface area contributed by atoms with Crippen LogP contribution in [0.5, 0.6) is 0 Å². The van der Waals surface area contributed by atoms with Gasteiger partial charge in [0.1, 0.15) is 11.6 Å². The Morgan fingerprint density at radius 2 is 2.05 bits per heavy atom. The molecule has 1 N–H and O–H groups in total. The smallest absolute Gasteiger partial charge is 0.143 e. The van der Waals surface area contributed by atoms with Crippen molar-refractivity contribution in [2.24, 2.45) is 5.92 Å². The number of nitrogens with zero attached hydrogens (tertiary/aromatic N) is 2. The van der Waals surface area contributed by atoms with E-state index in [4.69, 9.17) is 9.97 Å². The van der Waals surface area contributed by atoms with Crippen LogP contribution in [-0.4, -0.2) is 16.5 Å². The van der Waals surface area contributed by atoms with Crippen molar-refractivity contribution in [2.75, 3.05) is 11.9 Å². The molecule has 2 rings (SSSR count). The molecule has 4 heteroatoms. The van der Waals surface area contributed by atoms with E-state index in [1.54, 1.807) is 0 Å². The lowest BCUT2D eigenvalue weighted by atomic mass is 9.82. The fourth-order valence-corrected chi connectivity index (χ4v) is 3.70. The molecule has 1 aromatic rings. The van der Waals surface area contributed by atoms with Crippen LogP contribution < -0.4 is 5.32 Å². The molecule has 1 aliphatic rings. The lowest BCUT2D eigenvalue weighted by molar-refractivity contribution is 0.335. The molecule has 1 fully saturated rings. The van der Waals surface area contributed by atoms with Gasteiger partial charge in [0, 0.05) is 12.5 Å². The first-order valence-electron chi connectivity index (χ1n) is 7.45. The summed E-state index contributed by atoms with van der Waals surface area (Å²) >= 11 is 2.37. The monoisotopic (exact) mass is 373 g/mol. The highest BCUT2D eigenvalue weighted by Gasteiger charge is 2.24. The first-order valence-corrected chi connectivity index (χ1v) is 8.53. The molecule has 2 atom stereocenters. The number of nitrogens with one attached hydrogen (secondary N) is 1. The van der Waals surface area contributed by atoms with Crippen molar-refractivity contribution < 1.29 is 0 Å². The summed E-state index contributed by atoms with van der Waals surface area (Å²) < 4.78 is 1.19. The number of halogens is 1. The van der Waals surface area contributed by atoms with Gasteiger partial charge in [0.15, 0.2) is 0 Å². The van der Waals surface area contributed by atoms with Crippen LogP contribution in [0.25, 0.3) is 0 Å². The molecule has 19 heavy (non-hydrogen) atoms. The van der Waals surface area contributed by atoms with Crippen molar-refractivity contribution in [2.45, 2.75) is 58.8 Å².